The minimum atomic E-state index is -1.16. The maximum atomic E-state index is 14.3. The number of hydrogen-bond donors (Lipinski definition) is 1. The number of rotatable bonds is 4. The van der Waals surface area contributed by atoms with E-state index in [1.54, 1.807) is 11.3 Å². The highest BCUT2D eigenvalue weighted by molar-refractivity contribution is 9.11. The molecule has 0 spiro atoms. The summed E-state index contributed by atoms with van der Waals surface area (Å²) in [5.41, 5.74) is 4.36. The average Bonchev–Trinajstić information content (AvgIpc) is 2.93. The van der Waals surface area contributed by atoms with Gasteiger partial charge in [0.15, 0.2) is 0 Å². The molecule has 0 bridgehead atoms. The van der Waals surface area contributed by atoms with Gasteiger partial charge in [-0.15, -0.1) is 11.3 Å². The minimum Gasteiger partial charge on any atom is -0.328 e. The van der Waals surface area contributed by atoms with Gasteiger partial charge in [-0.3, -0.25) is 0 Å². The Morgan fingerprint density at radius 2 is 2.29 bits per heavy atom. The van der Waals surface area contributed by atoms with Crippen molar-refractivity contribution in [2.45, 2.75) is 24.9 Å². The van der Waals surface area contributed by atoms with Gasteiger partial charge in [0.05, 0.1) is 3.79 Å². The highest BCUT2D eigenvalue weighted by Crippen LogP contribution is 2.44. The molecule has 1 nitrogen and oxygen atoms in total. The fraction of sp³-hybridized carbons (Fsp3) is 0.600. The number of nitrogens with two attached hydrogens (primary N) is 1. The standard InChI is InChI=1S/C10H13BrFNS/c11-9-4-3-8(14-9)5-10(12,6-13)7-1-2-7/h3-4,7H,1-2,5-6,13H2. The fourth-order valence-electron chi connectivity index (χ4n) is 1.72. The smallest absolute Gasteiger partial charge is 0.130 e. The topological polar surface area (TPSA) is 26.0 Å². The van der Waals surface area contributed by atoms with Crippen molar-refractivity contribution in [3.05, 3.63) is 20.8 Å². The largest absolute Gasteiger partial charge is 0.328 e. The van der Waals surface area contributed by atoms with E-state index in [2.05, 4.69) is 15.9 Å². The summed E-state index contributed by atoms with van der Waals surface area (Å²) >= 11 is 4.98. The molecule has 1 aliphatic carbocycles. The Morgan fingerprint density at radius 1 is 1.57 bits per heavy atom. The highest BCUT2D eigenvalue weighted by atomic mass is 79.9. The van der Waals surface area contributed by atoms with Crippen LogP contribution in [0.1, 0.15) is 17.7 Å². The molecule has 1 fully saturated rings. The first-order chi connectivity index (χ1) is 6.64. The van der Waals surface area contributed by atoms with Gasteiger partial charge in [-0.1, -0.05) is 0 Å². The molecule has 1 saturated carbocycles. The Morgan fingerprint density at radius 3 is 2.71 bits per heavy atom. The number of alkyl halides is 1. The van der Waals surface area contributed by atoms with Crippen molar-refractivity contribution in [3.63, 3.8) is 0 Å². The van der Waals surface area contributed by atoms with Crippen LogP contribution in [0.15, 0.2) is 15.9 Å². The molecule has 1 heterocycles. The molecule has 1 atom stereocenters. The summed E-state index contributed by atoms with van der Waals surface area (Å²) in [5, 5.41) is 0. The summed E-state index contributed by atoms with van der Waals surface area (Å²) in [6.45, 7) is 0.146. The Labute approximate surface area is 95.6 Å². The van der Waals surface area contributed by atoms with E-state index in [-0.39, 0.29) is 12.5 Å². The van der Waals surface area contributed by atoms with Crippen LogP contribution in [-0.2, 0) is 6.42 Å². The van der Waals surface area contributed by atoms with Crippen LogP contribution in [0.2, 0.25) is 0 Å². The van der Waals surface area contributed by atoms with Gasteiger partial charge in [-0.05, 0) is 46.8 Å². The molecule has 1 aromatic rings. The van der Waals surface area contributed by atoms with Crippen LogP contribution >= 0.6 is 27.3 Å². The van der Waals surface area contributed by atoms with Gasteiger partial charge in [-0.25, -0.2) is 4.39 Å². The Bertz CT molecular complexity index is 324. The zero-order valence-electron chi connectivity index (χ0n) is 7.80. The van der Waals surface area contributed by atoms with Crippen molar-refractivity contribution in [1.82, 2.24) is 0 Å². The van der Waals surface area contributed by atoms with Crippen molar-refractivity contribution < 1.29 is 4.39 Å². The van der Waals surface area contributed by atoms with E-state index in [4.69, 9.17) is 5.73 Å². The van der Waals surface area contributed by atoms with Crippen LogP contribution in [0, 0.1) is 5.92 Å². The maximum absolute atomic E-state index is 14.3. The second-order valence-electron chi connectivity index (χ2n) is 3.90. The third kappa shape index (κ3) is 2.18. The van der Waals surface area contributed by atoms with Crippen LogP contribution < -0.4 is 5.73 Å². The first-order valence-electron chi connectivity index (χ1n) is 4.77. The molecular weight excluding hydrogens is 265 g/mol. The summed E-state index contributed by atoms with van der Waals surface area (Å²) in [4.78, 5) is 1.08. The molecule has 0 saturated heterocycles. The van der Waals surface area contributed by atoms with Gasteiger partial charge >= 0.3 is 0 Å². The average molecular weight is 278 g/mol. The van der Waals surface area contributed by atoms with Crippen LogP contribution in [-0.4, -0.2) is 12.2 Å². The van der Waals surface area contributed by atoms with Gasteiger partial charge in [0, 0.05) is 17.8 Å². The molecule has 1 aliphatic rings. The van der Waals surface area contributed by atoms with Gasteiger partial charge in [0.25, 0.3) is 0 Å². The van der Waals surface area contributed by atoms with E-state index in [9.17, 15) is 4.39 Å². The van der Waals surface area contributed by atoms with Crippen LogP contribution in [0.25, 0.3) is 0 Å². The molecule has 0 aromatic carbocycles. The molecule has 1 aromatic heterocycles. The predicted octanol–water partition coefficient (Wildman–Crippen LogP) is 3.13. The van der Waals surface area contributed by atoms with Crippen LogP contribution in [0.5, 0.6) is 0 Å². The lowest BCUT2D eigenvalue weighted by atomic mass is 9.95. The quantitative estimate of drug-likeness (QED) is 0.899. The number of hydrogen-bond acceptors (Lipinski definition) is 2. The third-order valence-electron chi connectivity index (χ3n) is 2.75. The summed E-state index contributed by atoms with van der Waals surface area (Å²) in [5.74, 6) is 0.202. The van der Waals surface area contributed by atoms with Gasteiger partial charge in [0.2, 0.25) is 0 Å². The summed E-state index contributed by atoms with van der Waals surface area (Å²) < 4.78 is 15.3. The molecule has 0 aliphatic heterocycles. The fourth-order valence-corrected chi connectivity index (χ4v) is 3.31. The SMILES string of the molecule is NCC(F)(Cc1ccc(Br)s1)C1CC1. The highest BCUT2D eigenvalue weighted by Gasteiger charge is 2.44. The zero-order valence-corrected chi connectivity index (χ0v) is 10.2. The zero-order chi connectivity index (χ0) is 10.2. The van der Waals surface area contributed by atoms with E-state index in [1.807, 2.05) is 12.1 Å². The normalized spacial score (nSPS) is 20.8. The Balaban J connectivity index is 2.07. The van der Waals surface area contributed by atoms with E-state index in [0.717, 1.165) is 21.5 Å². The molecule has 2 rings (SSSR count). The molecule has 2 N–H and O–H groups in total. The summed E-state index contributed by atoms with van der Waals surface area (Å²) in [7, 11) is 0. The second kappa shape index (κ2) is 3.91. The monoisotopic (exact) mass is 277 g/mol. The molecule has 4 heteroatoms. The van der Waals surface area contributed by atoms with Crippen molar-refractivity contribution in [2.24, 2.45) is 11.7 Å². The molecule has 1 unspecified atom stereocenters. The molecule has 0 amide bonds. The summed E-state index contributed by atoms with van der Waals surface area (Å²) in [6.07, 6.45) is 2.48. The van der Waals surface area contributed by atoms with Gasteiger partial charge in [-0.2, -0.15) is 0 Å². The minimum absolute atomic E-state index is 0.146. The van der Waals surface area contributed by atoms with Gasteiger partial charge in [0.1, 0.15) is 5.67 Å². The van der Waals surface area contributed by atoms with Crippen molar-refractivity contribution in [1.29, 1.82) is 0 Å². The van der Waals surface area contributed by atoms with Crippen LogP contribution in [0.4, 0.5) is 4.39 Å². The third-order valence-corrected chi connectivity index (χ3v) is 4.37. The lowest BCUT2D eigenvalue weighted by Gasteiger charge is -2.22. The number of halogens is 2. The van der Waals surface area contributed by atoms with E-state index < -0.39 is 5.67 Å². The Kier molecular flexibility index (Phi) is 2.96. The molecular formula is C10H13BrFNS. The molecule has 14 heavy (non-hydrogen) atoms. The Hall–Kier alpha value is 0.0700. The van der Waals surface area contributed by atoms with Gasteiger partial charge < -0.3 is 5.73 Å². The van der Waals surface area contributed by atoms with E-state index in [1.165, 1.54) is 0 Å². The lowest BCUT2D eigenvalue weighted by molar-refractivity contribution is 0.144. The molecule has 78 valence electrons. The van der Waals surface area contributed by atoms with Crippen molar-refractivity contribution >= 4 is 27.3 Å². The first kappa shape index (κ1) is 10.6. The lowest BCUT2D eigenvalue weighted by Crippen LogP contribution is -2.37. The van der Waals surface area contributed by atoms with Crippen molar-refractivity contribution in [2.75, 3.05) is 6.54 Å². The van der Waals surface area contributed by atoms with E-state index in [0.29, 0.717) is 6.42 Å². The second-order valence-corrected chi connectivity index (χ2v) is 6.44. The van der Waals surface area contributed by atoms with Crippen molar-refractivity contribution in [3.8, 4) is 0 Å². The molecule has 0 radical (unpaired) electrons. The number of thiophene rings is 1. The first-order valence-corrected chi connectivity index (χ1v) is 6.38. The maximum Gasteiger partial charge on any atom is 0.130 e. The summed E-state index contributed by atoms with van der Waals surface area (Å²) in [6, 6.07) is 3.94. The predicted molar refractivity (Wildman–Crippen MR) is 61.3 cm³/mol. The van der Waals surface area contributed by atoms with E-state index >= 15 is 0 Å². The van der Waals surface area contributed by atoms with Crippen LogP contribution in [0.3, 0.4) is 0 Å².